The fourth-order valence-electron chi connectivity index (χ4n) is 3.66. The third-order valence-corrected chi connectivity index (χ3v) is 5.93. The predicted octanol–water partition coefficient (Wildman–Crippen LogP) is 3.85. The van der Waals surface area contributed by atoms with Gasteiger partial charge < -0.3 is 15.1 Å². The molecule has 2 heterocycles. The molecule has 32 heavy (non-hydrogen) atoms. The molecule has 0 radical (unpaired) electrons. The van der Waals surface area contributed by atoms with Crippen molar-refractivity contribution in [3.63, 3.8) is 0 Å². The highest BCUT2D eigenvalue weighted by Crippen LogP contribution is 2.30. The number of nitrogens with one attached hydrogen (secondary N) is 1. The number of aromatic nitrogens is 2. The van der Waals surface area contributed by atoms with E-state index in [0.29, 0.717) is 27.1 Å². The van der Waals surface area contributed by atoms with Gasteiger partial charge in [-0.2, -0.15) is 5.10 Å². The molecule has 1 saturated heterocycles. The second kappa shape index (κ2) is 9.32. The van der Waals surface area contributed by atoms with Gasteiger partial charge in [0.25, 0.3) is 5.91 Å². The summed E-state index contributed by atoms with van der Waals surface area (Å²) in [5.41, 5.74) is 2.06. The summed E-state index contributed by atoms with van der Waals surface area (Å²) in [6.45, 7) is 5.25. The van der Waals surface area contributed by atoms with Crippen LogP contribution in [0.15, 0.2) is 53.3 Å². The highest BCUT2D eigenvalue weighted by Gasteiger charge is 2.21. The van der Waals surface area contributed by atoms with Crippen LogP contribution in [0.2, 0.25) is 10.0 Å². The van der Waals surface area contributed by atoms with Gasteiger partial charge in [-0.1, -0.05) is 23.2 Å². The first-order chi connectivity index (χ1) is 15.3. The van der Waals surface area contributed by atoms with E-state index in [1.54, 1.807) is 48.0 Å². The molecule has 0 unspecified atom stereocenters. The molecule has 7 nitrogen and oxygen atoms in total. The Bertz CT molecular complexity index is 1200. The van der Waals surface area contributed by atoms with Crippen LogP contribution in [-0.4, -0.2) is 53.8 Å². The van der Waals surface area contributed by atoms with E-state index in [-0.39, 0.29) is 5.69 Å². The molecule has 166 valence electrons. The van der Waals surface area contributed by atoms with Gasteiger partial charge >= 0.3 is 0 Å². The lowest BCUT2D eigenvalue weighted by molar-refractivity contribution is 0.101. The van der Waals surface area contributed by atoms with E-state index in [2.05, 4.69) is 27.3 Å². The third kappa shape index (κ3) is 4.80. The van der Waals surface area contributed by atoms with Crippen molar-refractivity contribution in [2.24, 2.45) is 0 Å². The van der Waals surface area contributed by atoms with Crippen LogP contribution >= 0.6 is 23.2 Å². The van der Waals surface area contributed by atoms with Crippen molar-refractivity contribution in [2.45, 2.75) is 6.92 Å². The number of halogens is 2. The van der Waals surface area contributed by atoms with E-state index >= 15 is 0 Å². The van der Waals surface area contributed by atoms with Gasteiger partial charge in [0.2, 0.25) is 5.43 Å². The van der Waals surface area contributed by atoms with Gasteiger partial charge in [0.15, 0.2) is 5.69 Å². The predicted molar refractivity (Wildman–Crippen MR) is 129 cm³/mol. The monoisotopic (exact) mass is 471 g/mol. The number of rotatable bonds is 4. The number of benzene rings is 2. The number of hydrogen-bond acceptors (Lipinski definition) is 5. The van der Waals surface area contributed by atoms with Crippen molar-refractivity contribution < 1.29 is 4.79 Å². The third-order valence-electron chi connectivity index (χ3n) is 5.44. The van der Waals surface area contributed by atoms with Crippen LogP contribution in [0, 0.1) is 6.92 Å². The molecule has 0 aliphatic carbocycles. The summed E-state index contributed by atoms with van der Waals surface area (Å²) in [6.07, 6.45) is 0. The summed E-state index contributed by atoms with van der Waals surface area (Å²) >= 11 is 12.2. The zero-order chi connectivity index (χ0) is 22.8. The Kier molecular flexibility index (Phi) is 6.50. The van der Waals surface area contributed by atoms with Crippen LogP contribution in [0.25, 0.3) is 5.69 Å². The molecule has 0 saturated carbocycles. The number of amides is 1. The molecule has 1 fully saturated rings. The van der Waals surface area contributed by atoms with Crippen LogP contribution in [0.3, 0.4) is 0 Å². The van der Waals surface area contributed by atoms with E-state index in [0.717, 1.165) is 31.9 Å². The van der Waals surface area contributed by atoms with Gasteiger partial charge in [0.1, 0.15) is 0 Å². The lowest BCUT2D eigenvalue weighted by Gasteiger charge is -2.35. The molecule has 0 atom stereocenters. The zero-order valence-corrected chi connectivity index (χ0v) is 19.3. The van der Waals surface area contributed by atoms with Crippen molar-refractivity contribution in [1.29, 1.82) is 0 Å². The molecule has 1 amide bonds. The Morgan fingerprint density at radius 2 is 1.62 bits per heavy atom. The van der Waals surface area contributed by atoms with Gasteiger partial charge in [-0.05, 0) is 56.4 Å². The van der Waals surface area contributed by atoms with Crippen molar-refractivity contribution in [3.8, 4) is 5.69 Å². The lowest BCUT2D eigenvalue weighted by Crippen LogP contribution is -2.44. The van der Waals surface area contributed by atoms with Crippen LogP contribution in [0.5, 0.6) is 0 Å². The minimum atomic E-state index is -0.588. The topological polar surface area (TPSA) is 70.5 Å². The zero-order valence-electron chi connectivity index (χ0n) is 17.8. The first-order valence-corrected chi connectivity index (χ1v) is 11.0. The Morgan fingerprint density at radius 3 is 2.31 bits per heavy atom. The van der Waals surface area contributed by atoms with Gasteiger partial charge in [-0.25, -0.2) is 4.68 Å². The number of hydrogen-bond donors (Lipinski definition) is 1. The molecule has 0 bridgehead atoms. The summed E-state index contributed by atoms with van der Waals surface area (Å²) in [7, 11) is 2.08. The number of nitrogens with zero attached hydrogens (tertiary/aromatic N) is 4. The molecule has 2 aromatic carbocycles. The summed E-state index contributed by atoms with van der Waals surface area (Å²) in [5, 5.41) is 8.27. The summed E-state index contributed by atoms with van der Waals surface area (Å²) in [5.74, 6) is -0.588. The second-order valence-corrected chi connectivity index (χ2v) is 8.67. The molecule has 9 heteroatoms. The smallest absolute Gasteiger partial charge is 0.280 e. The Morgan fingerprint density at radius 1 is 0.969 bits per heavy atom. The molecule has 1 aliphatic rings. The Labute approximate surface area is 196 Å². The number of carbonyl (C=O) groups is 1. The van der Waals surface area contributed by atoms with Crippen LogP contribution < -0.4 is 15.6 Å². The highest BCUT2D eigenvalue weighted by atomic mass is 35.5. The van der Waals surface area contributed by atoms with E-state index in [9.17, 15) is 9.59 Å². The van der Waals surface area contributed by atoms with Crippen molar-refractivity contribution in [1.82, 2.24) is 14.7 Å². The van der Waals surface area contributed by atoms with Crippen molar-refractivity contribution >= 4 is 40.5 Å². The average molecular weight is 472 g/mol. The van der Waals surface area contributed by atoms with Crippen LogP contribution in [0.1, 0.15) is 16.2 Å². The van der Waals surface area contributed by atoms with Crippen molar-refractivity contribution in [3.05, 3.63) is 80.2 Å². The SMILES string of the molecule is Cc1cc(=O)c(C(=O)Nc2cc(Cl)ccc2N2CCN(C)CC2)nn1-c1ccc(Cl)cc1. The molecule has 3 aromatic rings. The molecule has 1 aliphatic heterocycles. The lowest BCUT2D eigenvalue weighted by atomic mass is 10.2. The second-order valence-electron chi connectivity index (χ2n) is 7.79. The molecule has 4 rings (SSSR count). The largest absolute Gasteiger partial charge is 0.367 e. The van der Waals surface area contributed by atoms with Gasteiger partial charge in [0.05, 0.1) is 17.1 Å². The summed E-state index contributed by atoms with van der Waals surface area (Å²) in [6, 6.07) is 13.8. The Balaban J connectivity index is 1.66. The van der Waals surface area contributed by atoms with Crippen molar-refractivity contribution in [2.75, 3.05) is 43.4 Å². The normalized spacial score (nSPS) is 14.4. The van der Waals surface area contributed by atoms with Gasteiger partial charge in [0, 0.05) is 48.0 Å². The quantitative estimate of drug-likeness (QED) is 0.625. The maximum Gasteiger partial charge on any atom is 0.280 e. The number of piperazine rings is 1. The first kappa shape index (κ1) is 22.3. The Hall–Kier alpha value is -2.87. The first-order valence-electron chi connectivity index (χ1n) is 10.2. The number of carbonyl (C=O) groups excluding carboxylic acids is 1. The molecule has 1 aromatic heterocycles. The van der Waals surface area contributed by atoms with Crippen LogP contribution in [0.4, 0.5) is 11.4 Å². The summed E-state index contributed by atoms with van der Waals surface area (Å²) in [4.78, 5) is 30.1. The van der Waals surface area contributed by atoms with Gasteiger partial charge in [-0.3, -0.25) is 9.59 Å². The number of aryl methyl sites for hydroxylation is 1. The van der Waals surface area contributed by atoms with E-state index in [1.165, 1.54) is 6.07 Å². The highest BCUT2D eigenvalue weighted by molar-refractivity contribution is 6.31. The maximum atomic E-state index is 13.1. The molecule has 0 spiro atoms. The standard InChI is InChI=1S/C23H23Cl2N5O2/c1-15-13-21(31)22(27-30(15)18-6-3-16(24)4-7-18)23(32)26-19-14-17(25)5-8-20(19)29-11-9-28(2)10-12-29/h3-8,13-14H,9-12H2,1-2H3,(H,26,32). The number of likely N-dealkylation sites (N-methyl/N-ethyl adjacent to an activating group) is 1. The molecule has 1 N–H and O–H groups in total. The van der Waals surface area contributed by atoms with E-state index in [4.69, 9.17) is 23.2 Å². The molecular formula is C23H23Cl2N5O2. The minimum Gasteiger partial charge on any atom is -0.367 e. The minimum absolute atomic E-state index is 0.199. The number of anilines is 2. The molecular weight excluding hydrogens is 449 g/mol. The van der Waals surface area contributed by atoms with Crippen LogP contribution in [-0.2, 0) is 0 Å². The van der Waals surface area contributed by atoms with Gasteiger partial charge in [-0.15, -0.1) is 0 Å². The average Bonchev–Trinajstić information content (AvgIpc) is 2.75. The maximum absolute atomic E-state index is 13.1. The fourth-order valence-corrected chi connectivity index (χ4v) is 3.96. The van der Waals surface area contributed by atoms with E-state index in [1.807, 2.05) is 6.07 Å². The fraction of sp³-hybridized carbons (Fsp3) is 0.261. The van der Waals surface area contributed by atoms with E-state index < -0.39 is 11.3 Å². The summed E-state index contributed by atoms with van der Waals surface area (Å²) < 4.78 is 1.55.